The number of amides is 2. The molecule has 3 rings (SSSR count). The number of nitrogens with one attached hydrogen (secondary N) is 1. The van der Waals surface area contributed by atoms with Crippen LogP contribution in [0.25, 0.3) is 10.8 Å². The Labute approximate surface area is 163 Å². The Morgan fingerprint density at radius 2 is 1.61 bits per heavy atom. The molecule has 28 heavy (non-hydrogen) atoms. The Morgan fingerprint density at radius 1 is 0.929 bits per heavy atom. The van der Waals surface area contributed by atoms with E-state index in [1.165, 1.54) is 4.90 Å². The molecule has 2 amide bonds. The van der Waals surface area contributed by atoms with Crippen molar-refractivity contribution in [1.29, 1.82) is 0 Å². The summed E-state index contributed by atoms with van der Waals surface area (Å²) in [5, 5.41) is 4.89. The van der Waals surface area contributed by atoms with Gasteiger partial charge in [0.2, 0.25) is 5.91 Å². The first-order valence-electron chi connectivity index (χ1n) is 8.84. The highest BCUT2D eigenvalue weighted by molar-refractivity contribution is 5.94. The number of rotatable bonds is 7. The van der Waals surface area contributed by atoms with Crippen LogP contribution in [0.2, 0.25) is 0 Å². The Morgan fingerprint density at radius 3 is 2.32 bits per heavy atom. The number of benzene rings is 3. The molecule has 0 heterocycles. The predicted molar refractivity (Wildman–Crippen MR) is 109 cm³/mol. The van der Waals surface area contributed by atoms with Crippen LogP contribution in [0.15, 0.2) is 66.7 Å². The van der Waals surface area contributed by atoms with Gasteiger partial charge in [-0.25, -0.2) is 0 Å². The van der Waals surface area contributed by atoms with E-state index in [1.54, 1.807) is 38.4 Å². The smallest absolute Gasteiger partial charge is 0.260 e. The number of methoxy groups -OCH3 is 1. The van der Waals surface area contributed by atoms with Crippen LogP contribution in [0.1, 0.15) is 0 Å². The highest BCUT2D eigenvalue weighted by Gasteiger charge is 2.14. The van der Waals surface area contributed by atoms with Gasteiger partial charge >= 0.3 is 0 Å². The van der Waals surface area contributed by atoms with Crippen LogP contribution in [-0.2, 0) is 9.59 Å². The summed E-state index contributed by atoms with van der Waals surface area (Å²) in [7, 11) is 3.15. The van der Waals surface area contributed by atoms with Crippen molar-refractivity contribution in [3.05, 3.63) is 66.7 Å². The largest absolute Gasteiger partial charge is 0.497 e. The molecule has 0 aliphatic carbocycles. The first-order chi connectivity index (χ1) is 13.5. The molecular formula is C22H22N2O4. The van der Waals surface area contributed by atoms with E-state index in [1.807, 2.05) is 42.5 Å². The van der Waals surface area contributed by atoms with Gasteiger partial charge in [0, 0.05) is 12.7 Å². The standard InChI is InChI=1S/C22H22N2O4/c1-24(14-21(25)23-18-8-11-19(27-2)12-9-18)22(26)15-28-20-10-7-16-5-3-4-6-17(16)13-20/h3-13H,14-15H2,1-2H3,(H,23,25). The highest BCUT2D eigenvalue weighted by Crippen LogP contribution is 2.20. The highest BCUT2D eigenvalue weighted by atomic mass is 16.5. The maximum absolute atomic E-state index is 12.3. The fourth-order valence-corrected chi connectivity index (χ4v) is 2.69. The molecule has 0 saturated heterocycles. The third-order valence-corrected chi connectivity index (χ3v) is 4.26. The van der Waals surface area contributed by atoms with Crippen molar-refractivity contribution >= 4 is 28.3 Å². The van der Waals surface area contributed by atoms with Gasteiger partial charge in [-0.05, 0) is 47.2 Å². The van der Waals surface area contributed by atoms with Crippen molar-refractivity contribution in [2.24, 2.45) is 0 Å². The molecule has 3 aromatic rings. The van der Waals surface area contributed by atoms with Crippen molar-refractivity contribution in [1.82, 2.24) is 4.90 Å². The van der Waals surface area contributed by atoms with Crippen LogP contribution in [-0.4, -0.2) is 44.0 Å². The lowest BCUT2D eigenvalue weighted by atomic mass is 10.1. The fraction of sp³-hybridized carbons (Fsp3) is 0.182. The molecule has 0 radical (unpaired) electrons. The molecule has 0 aromatic heterocycles. The molecule has 0 saturated carbocycles. The van der Waals surface area contributed by atoms with E-state index in [9.17, 15) is 9.59 Å². The molecule has 0 spiro atoms. The number of fused-ring (bicyclic) bond motifs is 1. The monoisotopic (exact) mass is 378 g/mol. The predicted octanol–water partition coefficient (Wildman–Crippen LogP) is 3.32. The number of carbonyl (C=O) groups excluding carboxylic acids is 2. The van der Waals surface area contributed by atoms with Gasteiger partial charge in [-0.1, -0.05) is 30.3 Å². The maximum atomic E-state index is 12.3. The van der Waals surface area contributed by atoms with E-state index < -0.39 is 0 Å². The van der Waals surface area contributed by atoms with Crippen molar-refractivity contribution in [2.75, 3.05) is 32.6 Å². The summed E-state index contributed by atoms with van der Waals surface area (Å²) in [4.78, 5) is 25.7. The average Bonchev–Trinajstić information content (AvgIpc) is 2.72. The summed E-state index contributed by atoms with van der Waals surface area (Å²) in [5.41, 5.74) is 0.638. The minimum atomic E-state index is -0.285. The van der Waals surface area contributed by atoms with Crippen LogP contribution in [0.3, 0.4) is 0 Å². The maximum Gasteiger partial charge on any atom is 0.260 e. The number of anilines is 1. The first-order valence-corrected chi connectivity index (χ1v) is 8.84. The lowest BCUT2D eigenvalue weighted by Crippen LogP contribution is -2.37. The zero-order chi connectivity index (χ0) is 19.9. The summed E-state index contributed by atoms with van der Waals surface area (Å²) >= 11 is 0. The van der Waals surface area contributed by atoms with Crippen LogP contribution in [0.4, 0.5) is 5.69 Å². The quantitative estimate of drug-likeness (QED) is 0.685. The Balaban J connectivity index is 1.49. The first kappa shape index (κ1) is 19.2. The Kier molecular flexibility index (Phi) is 6.11. The Hall–Kier alpha value is -3.54. The van der Waals surface area contributed by atoms with Gasteiger partial charge in [0.1, 0.15) is 11.5 Å². The molecule has 0 aliphatic heterocycles. The van der Waals surface area contributed by atoms with Crippen LogP contribution >= 0.6 is 0 Å². The van der Waals surface area contributed by atoms with E-state index in [0.717, 1.165) is 10.8 Å². The van der Waals surface area contributed by atoms with Gasteiger partial charge in [0.15, 0.2) is 6.61 Å². The van der Waals surface area contributed by atoms with Gasteiger partial charge in [0.05, 0.1) is 13.7 Å². The van der Waals surface area contributed by atoms with Crippen molar-refractivity contribution < 1.29 is 19.1 Å². The van der Waals surface area contributed by atoms with E-state index in [0.29, 0.717) is 17.2 Å². The molecule has 0 bridgehead atoms. The van der Waals surface area contributed by atoms with Gasteiger partial charge in [0.25, 0.3) is 5.91 Å². The van der Waals surface area contributed by atoms with Crippen molar-refractivity contribution in [2.45, 2.75) is 0 Å². The second kappa shape index (κ2) is 8.90. The van der Waals surface area contributed by atoms with Crippen LogP contribution < -0.4 is 14.8 Å². The van der Waals surface area contributed by atoms with E-state index in [2.05, 4.69) is 5.32 Å². The third-order valence-electron chi connectivity index (χ3n) is 4.26. The van der Waals surface area contributed by atoms with Gasteiger partial charge in [-0.2, -0.15) is 0 Å². The molecule has 3 aromatic carbocycles. The number of hydrogen-bond donors (Lipinski definition) is 1. The average molecular weight is 378 g/mol. The lowest BCUT2D eigenvalue weighted by molar-refractivity contribution is -0.135. The molecule has 0 atom stereocenters. The molecular weight excluding hydrogens is 356 g/mol. The van der Waals surface area contributed by atoms with Gasteiger partial charge < -0.3 is 19.7 Å². The van der Waals surface area contributed by atoms with Gasteiger partial charge in [-0.3, -0.25) is 9.59 Å². The molecule has 0 aliphatic rings. The summed E-state index contributed by atoms with van der Waals surface area (Å²) in [6.45, 7) is -0.198. The summed E-state index contributed by atoms with van der Waals surface area (Å²) in [5.74, 6) is 0.754. The molecule has 6 nitrogen and oxygen atoms in total. The Bertz CT molecular complexity index is 970. The number of carbonyl (C=O) groups is 2. The molecule has 0 fully saturated rings. The minimum Gasteiger partial charge on any atom is -0.497 e. The number of hydrogen-bond acceptors (Lipinski definition) is 4. The third kappa shape index (κ3) is 5.01. The molecule has 144 valence electrons. The fourth-order valence-electron chi connectivity index (χ4n) is 2.69. The second-order valence-corrected chi connectivity index (χ2v) is 6.32. The minimum absolute atomic E-state index is 0.0635. The number of likely N-dealkylation sites (N-methyl/N-ethyl adjacent to an activating group) is 1. The zero-order valence-corrected chi connectivity index (χ0v) is 15.8. The SMILES string of the molecule is COc1ccc(NC(=O)CN(C)C(=O)COc2ccc3ccccc3c2)cc1. The van der Waals surface area contributed by atoms with E-state index in [-0.39, 0.29) is 25.0 Å². The van der Waals surface area contributed by atoms with E-state index in [4.69, 9.17) is 9.47 Å². The molecule has 6 heteroatoms. The van der Waals surface area contributed by atoms with Crippen LogP contribution in [0.5, 0.6) is 11.5 Å². The topological polar surface area (TPSA) is 67.9 Å². The van der Waals surface area contributed by atoms with Crippen molar-refractivity contribution in [3.8, 4) is 11.5 Å². The zero-order valence-electron chi connectivity index (χ0n) is 15.8. The molecule has 0 unspecified atom stereocenters. The normalized spacial score (nSPS) is 10.4. The summed E-state index contributed by atoms with van der Waals surface area (Å²) in [6, 6.07) is 20.6. The van der Waals surface area contributed by atoms with Crippen molar-refractivity contribution in [3.63, 3.8) is 0 Å². The molecule has 1 N–H and O–H groups in total. The van der Waals surface area contributed by atoms with Gasteiger partial charge in [-0.15, -0.1) is 0 Å². The number of nitrogens with zero attached hydrogens (tertiary/aromatic N) is 1. The lowest BCUT2D eigenvalue weighted by Gasteiger charge is -2.17. The summed E-state index contributed by atoms with van der Waals surface area (Å²) in [6.07, 6.45) is 0. The number of ether oxygens (including phenoxy) is 2. The summed E-state index contributed by atoms with van der Waals surface area (Å²) < 4.78 is 10.7. The van der Waals surface area contributed by atoms with E-state index >= 15 is 0 Å². The van der Waals surface area contributed by atoms with Crippen LogP contribution in [0, 0.1) is 0 Å². The second-order valence-electron chi connectivity index (χ2n) is 6.32.